The van der Waals surface area contributed by atoms with Gasteiger partial charge in [0.25, 0.3) is 0 Å². The van der Waals surface area contributed by atoms with Crippen LogP contribution in [0, 0.1) is 11.3 Å². The van der Waals surface area contributed by atoms with Gasteiger partial charge in [0.15, 0.2) is 0 Å². The third-order valence-electron chi connectivity index (χ3n) is 17.0. The zero-order chi connectivity index (χ0) is 55.4. The minimum atomic E-state index is 0.508. The normalized spacial score (nSPS) is 11.8. The Kier molecular flexibility index (Phi) is 10.5. The van der Waals surface area contributed by atoms with E-state index >= 15 is 0 Å². The summed E-state index contributed by atoms with van der Waals surface area (Å²) < 4.78 is 9.52. The van der Waals surface area contributed by atoms with Gasteiger partial charge in [0.2, 0.25) is 0 Å². The van der Waals surface area contributed by atoms with Gasteiger partial charge in [-0.2, -0.15) is 5.26 Å². The summed E-state index contributed by atoms with van der Waals surface area (Å²) in [6.07, 6.45) is 14.8. The summed E-state index contributed by atoms with van der Waals surface area (Å²) in [6.45, 7) is 0. The molecule has 0 saturated carbocycles. The first-order chi connectivity index (χ1) is 41.7. The Bertz CT molecular complexity index is 4920. The van der Waals surface area contributed by atoms with Crippen LogP contribution in [0.3, 0.4) is 0 Å². The van der Waals surface area contributed by atoms with Gasteiger partial charge in [0, 0.05) is 92.7 Å². The minimum Gasteiger partial charge on any atom is -0.307 e. The summed E-state index contributed by atoms with van der Waals surface area (Å²) in [6, 6.07) is 83.4. The van der Waals surface area contributed by atoms with Crippen LogP contribution in [-0.4, -0.2) is 38.2 Å². The number of nitriles is 1. The van der Waals surface area contributed by atoms with E-state index in [4.69, 9.17) is 0 Å². The fourth-order valence-electron chi connectivity index (χ4n) is 13.3. The molecular weight excluding hydrogens is 1030 g/mol. The molecule has 9 nitrogen and oxygen atoms in total. The maximum absolute atomic E-state index is 12.8. The molecule has 0 bridgehead atoms. The molecule has 0 radical (unpaired) electrons. The van der Waals surface area contributed by atoms with Crippen molar-refractivity contribution in [3.63, 3.8) is 0 Å². The van der Waals surface area contributed by atoms with E-state index in [0.717, 1.165) is 154 Å². The summed E-state index contributed by atoms with van der Waals surface area (Å²) in [4.78, 5) is 17.5. The first kappa shape index (κ1) is 47.1. The molecule has 84 heavy (non-hydrogen) atoms. The second-order valence-electron chi connectivity index (χ2n) is 21.4. The second-order valence-corrected chi connectivity index (χ2v) is 21.4. The Morgan fingerprint density at radius 2 is 0.488 bits per heavy atom. The van der Waals surface area contributed by atoms with Crippen LogP contribution in [-0.2, 0) is 0 Å². The van der Waals surface area contributed by atoms with Gasteiger partial charge in [-0.25, -0.2) is 0 Å². The van der Waals surface area contributed by atoms with Crippen LogP contribution in [0.15, 0.2) is 274 Å². The summed E-state index contributed by atoms with van der Waals surface area (Å²) in [7, 11) is 0. The van der Waals surface area contributed by atoms with Crippen LogP contribution >= 0.6 is 0 Å². The van der Waals surface area contributed by atoms with Crippen molar-refractivity contribution in [2.75, 3.05) is 0 Å². The summed E-state index contributed by atoms with van der Waals surface area (Å²) in [5, 5.41) is 21.5. The van der Waals surface area contributed by atoms with Crippen LogP contribution < -0.4 is 0 Å². The van der Waals surface area contributed by atoms with Crippen LogP contribution in [0.4, 0.5) is 0 Å². The molecule has 390 valence electrons. The van der Waals surface area contributed by atoms with Crippen LogP contribution in [0.5, 0.6) is 0 Å². The molecular formula is C75H45N9. The molecule has 0 unspecified atom stereocenters. The van der Waals surface area contributed by atoms with Gasteiger partial charge in [-0.15, -0.1) is 0 Å². The lowest BCUT2D eigenvalue weighted by molar-refractivity contribution is 1.03. The van der Waals surface area contributed by atoms with E-state index in [-0.39, 0.29) is 0 Å². The largest absolute Gasteiger partial charge is 0.307 e. The molecule has 0 amide bonds. The number of hydrogen-bond donors (Lipinski definition) is 0. The predicted octanol–water partition coefficient (Wildman–Crippen LogP) is 18.2. The van der Waals surface area contributed by atoms with E-state index < -0.39 is 0 Å². The molecule has 0 aliphatic heterocycles. The Balaban J connectivity index is 1.10. The highest BCUT2D eigenvalue weighted by Gasteiger charge is 2.31. The van der Waals surface area contributed by atoms with Crippen molar-refractivity contribution < 1.29 is 0 Å². The zero-order valence-electron chi connectivity index (χ0n) is 45.0. The number of benzene rings is 9. The quantitative estimate of drug-likeness (QED) is 0.151. The van der Waals surface area contributed by atoms with E-state index in [2.05, 4.69) is 269 Å². The number of rotatable bonds is 8. The number of hydrogen-bond acceptors (Lipinski definition) is 5. The Morgan fingerprint density at radius 3 is 0.750 bits per heavy atom. The predicted molar refractivity (Wildman–Crippen MR) is 341 cm³/mol. The van der Waals surface area contributed by atoms with Crippen molar-refractivity contribution >= 4 is 87.2 Å². The number of pyridine rings is 4. The Hall–Kier alpha value is -11.7. The molecule has 0 aliphatic carbocycles. The van der Waals surface area contributed by atoms with Crippen LogP contribution in [0.1, 0.15) is 5.56 Å². The lowest BCUT2D eigenvalue weighted by atomic mass is 10.0. The molecule has 8 aromatic heterocycles. The first-order valence-electron chi connectivity index (χ1n) is 28.0. The van der Waals surface area contributed by atoms with E-state index in [1.807, 2.05) is 49.6 Å². The smallest absolute Gasteiger partial charge is 0.104 e. The molecule has 0 saturated heterocycles. The molecule has 17 rings (SSSR count). The summed E-state index contributed by atoms with van der Waals surface area (Å²) >= 11 is 0. The van der Waals surface area contributed by atoms with Crippen LogP contribution in [0.2, 0.25) is 0 Å². The topological polar surface area (TPSA) is 95.1 Å². The molecule has 0 atom stereocenters. The Morgan fingerprint density at radius 1 is 0.238 bits per heavy atom. The van der Waals surface area contributed by atoms with Gasteiger partial charge < -0.3 is 18.3 Å². The summed E-state index contributed by atoms with van der Waals surface area (Å²) in [5.74, 6) is 0. The second kappa shape index (κ2) is 18.7. The maximum atomic E-state index is 12.8. The first-order valence-corrected chi connectivity index (χ1v) is 28.0. The van der Waals surface area contributed by atoms with Gasteiger partial charge in [-0.05, 0) is 172 Å². The average Bonchev–Trinajstić information content (AvgIpc) is 1.97. The zero-order valence-corrected chi connectivity index (χ0v) is 45.0. The van der Waals surface area contributed by atoms with E-state index in [9.17, 15) is 5.26 Å². The van der Waals surface area contributed by atoms with Gasteiger partial charge in [-0.1, -0.05) is 97.1 Å². The maximum Gasteiger partial charge on any atom is 0.104 e. The molecule has 9 heteroatoms. The molecule has 8 heterocycles. The fraction of sp³-hybridized carbons (Fsp3) is 0. The minimum absolute atomic E-state index is 0.508. The van der Waals surface area contributed by atoms with Crippen LogP contribution in [0.25, 0.3) is 154 Å². The standard InChI is InChI=1S/C75H45N9/c76-46-63-74(83-64-13-5-1-9-55(64)56-10-2-6-14-65(56)83)72(81-68-21-17-51(47-25-33-77-34-26-47)41-59(68)60-42-52(18-22-69(60)81)48-27-35-78-36-28-48)45-73(75(63)84-66-15-7-3-11-57(66)58-12-4-8-16-67(58)84)82-70-23-19-53(49-29-37-79-38-30-49)43-61(70)62-44-54(20-24-71(62)82)50-31-39-80-40-32-50/h1-45H. The van der Waals surface area contributed by atoms with Crippen molar-refractivity contribution in [3.05, 3.63) is 280 Å². The van der Waals surface area contributed by atoms with Crippen molar-refractivity contribution in [1.29, 1.82) is 5.26 Å². The van der Waals surface area contributed by atoms with Gasteiger partial charge in [0.1, 0.15) is 11.6 Å². The molecule has 0 N–H and O–H groups in total. The lowest BCUT2D eigenvalue weighted by Crippen LogP contribution is -2.13. The van der Waals surface area contributed by atoms with Gasteiger partial charge >= 0.3 is 0 Å². The average molecular weight is 1070 g/mol. The molecule has 17 aromatic rings. The molecule has 0 spiro atoms. The number of aromatic nitrogens is 8. The molecule has 0 fully saturated rings. The SMILES string of the molecule is N#Cc1c(-n2c3ccccc3c3ccccc32)c(-n2c3ccc(-c4ccncc4)cc3c3cc(-c4ccncc4)ccc32)cc(-n2c3ccc(-c4ccncc4)cc3c3cc(-c4ccncc4)ccc32)c1-n1c2ccccc2c2ccccc21. The highest BCUT2D eigenvalue weighted by atomic mass is 15.1. The van der Waals surface area contributed by atoms with Gasteiger partial charge in [0.05, 0.1) is 66.9 Å². The van der Waals surface area contributed by atoms with E-state index in [1.54, 1.807) is 0 Å². The monoisotopic (exact) mass is 1070 g/mol. The van der Waals surface area contributed by atoms with Crippen molar-refractivity contribution in [2.24, 2.45) is 0 Å². The lowest BCUT2D eigenvalue weighted by Gasteiger charge is -2.25. The summed E-state index contributed by atoms with van der Waals surface area (Å²) in [5.41, 5.74) is 20.2. The van der Waals surface area contributed by atoms with Crippen molar-refractivity contribution in [2.45, 2.75) is 0 Å². The van der Waals surface area contributed by atoms with E-state index in [1.165, 1.54) is 0 Å². The Labute approximate surface area is 481 Å². The number of nitrogens with zero attached hydrogens (tertiary/aromatic N) is 9. The van der Waals surface area contributed by atoms with E-state index in [0.29, 0.717) is 5.56 Å². The highest BCUT2D eigenvalue weighted by Crippen LogP contribution is 2.48. The highest BCUT2D eigenvalue weighted by molar-refractivity contribution is 6.16. The number of para-hydroxylation sites is 4. The van der Waals surface area contributed by atoms with Crippen molar-refractivity contribution in [3.8, 4) is 73.3 Å². The third-order valence-corrected chi connectivity index (χ3v) is 17.0. The van der Waals surface area contributed by atoms with Gasteiger partial charge in [-0.3, -0.25) is 19.9 Å². The third kappa shape index (κ3) is 7.08. The molecule has 0 aliphatic rings. The number of fused-ring (bicyclic) bond motifs is 12. The van der Waals surface area contributed by atoms with Crippen molar-refractivity contribution in [1.82, 2.24) is 38.2 Å². The molecule has 9 aromatic carbocycles. The fourth-order valence-corrected chi connectivity index (χ4v) is 13.3.